The number of hydrogen-bond acceptors (Lipinski definition) is 5. The molecule has 2 aromatic carbocycles. The van der Waals surface area contributed by atoms with Crippen molar-refractivity contribution in [3.05, 3.63) is 52.5 Å². The van der Waals surface area contributed by atoms with Crippen LogP contribution in [0.3, 0.4) is 0 Å². The molecule has 1 saturated heterocycles. The molecule has 0 saturated carbocycles. The number of hydrogen-bond donors (Lipinski definition) is 2. The largest absolute Gasteiger partial charge is 0.573 e. The molecule has 1 unspecified atom stereocenters. The average Bonchev–Trinajstić information content (AvgIpc) is 3.13. The first-order valence-electron chi connectivity index (χ1n) is 9.75. The highest BCUT2D eigenvalue weighted by Gasteiger charge is 2.32. The zero-order valence-corrected chi connectivity index (χ0v) is 18.4. The van der Waals surface area contributed by atoms with Crippen LogP contribution in [0.1, 0.15) is 29.3 Å². The number of rotatable bonds is 7. The molecule has 1 atom stereocenters. The molecule has 1 fully saturated rings. The van der Waals surface area contributed by atoms with Gasteiger partial charge in [-0.15, -0.1) is 24.9 Å². The van der Waals surface area contributed by atoms with Crippen molar-refractivity contribution in [2.45, 2.75) is 37.2 Å². The van der Waals surface area contributed by atoms with E-state index in [0.717, 1.165) is 28.7 Å². The fourth-order valence-electron chi connectivity index (χ4n) is 3.37. The molecule has 3 N–H and O–H groups in total. The van der Waals surface area contributed by atoms with Crippen molar-refractivity contribution < 1.29 is 22.7 Å². The molecule has 3 rings (SSSR count). The highest BCUT2D eigenvalue weighted by molar-refractivity contribution is 7.99. The van der Waals surface area contributed by atoms with Gasteiger partial charge in [0, 0.05) is 52.9 Å². The number of anilines is 1. The molecule has 0 aliphatic carbocycles. The van der Waals surface area contributed by atoms with Gasteiger partial charge in [-0.2, -0.15) is 0 Å². The quantitative estimate of drug-likeness (QED) is 0.564. The second-order valence-electron chi connectivity index (χ2n) is 7.13. The fraction of sp³-hybridized carbons (Fsp3) is 0.381. The van der Waals surface area contributed by atoms with Crippen molar-refractivity contribution in [2.24, 2.45) is 5.73 Å². The number of ether oxygens (including phenoxy) is 1. The lowest BCUT2D eigenvalue weighted by molar-refractivity contribution is -0.274. The highest BCUT2D eigenvalue weighted by Crippen LogP contribution is 2.31. The summed E-state index contributed by atoms with van der Waals surface area (Å²) in [5.74, 6) is -0.105. The van der Waals surface area contributed by atoms with Crippen molar-refractivity contribution in [3.8, 4) is 5.75 Å². The molecule has 2 aromatic rings. The average molecular weight is 474 g/mol. The number of carbonyl (C=O) groups is 1. The lowest BCUT2D eigenvalue weighted by Crippen LogP contribution is -2.27. The van der Waals surface area contributed by atoms with E-state index in [9.17, 15) is 18.0 Å². The van der Waals surface area contributed by atoms with Crippen molar-refractivity contribution in [1.82, 2.24) is 5.32 Å². The van der Waals surface area contributed by atoms with Gasteiger partial charge in [-0.1, -0.05) is 18.5 Å². The minimum atomic E-state index is -4.86. The van der Waals surface area contributed by atoms with Crippen LogP contribution < -0.4 is 20.7 Å². The second-order valence-corrected chi connectivity index (χ2v) is 8.87. The summed E-state index contributed by atoms with van der Waals surface area (Å²) in [6.07, 6.45) is -4.14. The van der Waals surface area contributed by atoms with E-state index < -0.39 is 18.0 Å². The maximum Gasteiger partial charge on any atom is 0.573 e. The van der Waals surface area contributed by atoms with Crippen molar-refractivity contribution in [2.75, 3.05) is 23.7 Å². The van der Waals surface area contributed by atoms with E-state index in [0.29, 0.717) is 23.8 Å². The van der Waals surface area contributed by atoms with Crippen LogP contribution in [0, 0.1) is 0 Å². The van der Waals surface area contributed by atoms with Gasteiger partial charge >= 0.3 is 6.36 Å². The Morgan fingerprint density at radius 3 is 2.74 bits per heavy atom. The number of nitrogens with one attached hydrogen (secondary N) is 1. The SMILES string of the molecule is CCSc1ccc(Cl)cc1CNC(=O)c1cc(OC(F)(F)F)cc(N2CCC(N)C2)c1. The molecular formula is C21H23ClF3N3O2S. The van der Waals surface area contributed by atoms with Crippen LogP contribution in [-0.4, -0.2) is 37.2 Å². The van der Waals surface area contributed by atoms with E-state index in [1.807, 2.05) is 17.9 Å². The molecular weight excluding hydrogens is 451 g/mol. The molecule has 10 heteroatoms. The Kier molecular flexibility index (Phi) is 7.61. The normalized spacial score (nSPS) is 16.5. The molecule has 0 radical (unpaired) electrons. The molecule has 1 heterocycles. The third-order valence-corrected chi connectivity index (χ3v) is 5.97. The van der Waals surface area contributed by atoms with E-state index in [1.165, 1.54) is 6.07 Å². The first kappa shape index (κ1) is 23.6. The molecule has 1 aliphatic heterocycles. The fourth-order valence-corrected chi connectivity index (χ4v) is 4.36. The minimum absolute atomic E-state index is 0.0678. The van der Waals surface area contributed by atoms with E-state index in [2.05, 4.69) is 10.1 Å². The first-order chi connectivity index (χ1) is 14.6. The molecule has 168 valence electrons. The number of thioether (sulfide) groups is 1. The van der Waals surface area contributed by atoms with Gasteiger partial charge in [0.1, 0.15) is 5.75 Å². The lowest BCUT2D eigenvalue weighted by atomic mass is 10.1. The van der Waals surface area contributed by atoms with E-state index in [-0.39, 0.29) is 18.2 Å². The van der Waals surface area contributed by atoms with Crippen molar-refractivity contribution >= 4 is 35.0 Å². The van der Waals surface area contributed by atoms with Crippen LogP contribution in [-0.2, 0) is 6.54 Å². The van der Waals surface area contributed by atoms with E-state index in [1.54, 1.807) is 30.0 Å². The van der Waals surface area contributed by atoms with Gasteiger partial charge in [-0.3, -0.25) is 4.79 Å². The van der Waals surface area contributed by atoms with E-state index >= 15 is 0 Å². The van der Waals surface area contributed by atoms with Crippen LogP contribution in [0.5, 0.6) is 5.75 Å². The molecule has 0 bridgehead atoms. The zero-order chi connectivity index (χ0) is 22.6. The summed E-state index contributed by atoms with van der Waals surface area (Å²) in [4.78, 5) is 15.6. The Labute approximate surface area is 188 Å². The predicted molar refractivity (Wildman–Crippen MR) is 117 cm³/mol. The summed E-state index contributed by atoms with van der Waals surface area (Å²) in [6.45, 7) is 3.30. The number of nitrogens with zero attached hydrogens (tertiary/aromatic N) is 1. The summed E-state index contributed by atoms with van der Waals surface area (Å²) >= 11 is 7.69. The highest BCUT2D eigenvalue weighted by atomic mass is 35.5. The zero-order valence-electron chi connectivity index (χ0n) is 16.8. The Hall–Kier alpha value is -2.10. The van der Waals surface area contributed by atoms with Gasteiger partial charge < -0.3 is 20.7 Å². The standard InChI is InChI=1S/C21H23ClF3N3O2S/c1-2-31-19-4-3-15(22)7-14(19)11-27-20(29)13-8-17(28-6-5-16(26)12-28)10-18(9-13)30-21(23,24)25/h3-4,7-10,16H,2,5-6,11-12,26H2,1H3,(H,27,29). The van der Waals surface area contributed by atoms with Gasteiger partial charge in [0.2, 0.25) is 0 Å². The number of alkyl halides is 3. The van der Waals surface area contributed by atoms with Crippen molar-refractivity contribution in [1.29, 1.82) is 0 Å². The third-order valence-electron chi connectivity index (χ3n) is 4.74. The third kappa shape index (κ3) is 6.69. The molecule has 0 spiro atoms. The van der Waals surface area contributed by atoms with Crippen LogP contribution >= 0.6 is 23.4 Å². The van der Waals surface area contributed by atoms with Gasteiger partial charge in [-0.05, 0) is 48.1 Å². The molecule has 1 amide bonds. The second kappa shape index (κ2) is 10.0. The maximum absolute atomic E-state index is 12.8. The smallest absolute Gasteiger partial charge is 0.406 e. The predicted octanol–water partition coefficient (Wildman–Crippen LogP) is 4.82. The van der Waals surface area contributed by atoms with E-state index in [4.69, 9.17) is 17.3 Å². The van der Waals surface area contributed by atoms with Gasteiger partial charge in [0.15, 0.2) is 0 Å². The van der Waals surface area contributed by atoms with Gasteiger partial charge in [0.25, 0.3) is 5.91 Å². The Morgan fingerprint density at radius 1 is 1.32 bits per heavy atom. The number of nitrogens with two attached hydrogens (primary N) is 1. The summed E-state index contributed by atoms with van der Waals surface area (Å²) < 4.78 is 42.5. The number of carbonyl (C=O) groups excluding carboxylic acids is 1. The van der Waals surface area contributed by atoms with Crippen LogP contribution in [0.4, 0.5) is 18.9 Å². The van der Waals surface area contributed by atoms with Crippen LogP contribution in [0.15, 0.2) is 41.3 Å². The van der Waals surface area contributed by atoms with Gasteiger partial charge in [-0.25, -0.2) is 0 Å². The Morgan fingerprint density at radius 2 is 2.10 bits per heavy atom. The molecule has 0 aromatic heterocycles. The molecule has 5 nitrogen and oxygen atoms in total. The van der Waals surface area contributed by atoms with Crippen LogP contribution in [0.2, 0.25) is 5.02 Å². The number of amides is 1. The summed E-state index contributed by atoms with van der Waals surface area (Å²) in [5, 5.41) is 3.31. The molecule has 31 heavy (non-hydrogen) atoms. The first-order valence-corrected chi connectivity index (χ1v) is 11.1. The lowest BCUT2D eigenvalue weighted by Gasteiger charge is -2.21. The minimum Gasteiger partial charge on any atom is -0.406 e. The molecule has 1 aliphatic rings. The number of benzene rings is 2. The summed E-state index contributed by atoms with van der Waals surface area (Å²) in [7, 11) is 0. The van der Waals surface area contributed by atoms with Crippen molar-refractivity contribution in [3.63, 3.8) is 0 Å². The Balaban J connectivity index is 1.82. The number of halogens is 4. The maximum atomic E-state index is 12.8. The summed E-state index contributed by atoms with van der Waals surface area (Å²) in [5.41, 5.74) is 7.29. The van der Waals surface area contributed by atoms with Gasteiger partial charge in [0.05, 0.1) is 0 Å². The Bertz CT molecular complexity index is 943. The topological polar surface area (TPSA) is 67.6 Å². The van der Waals surface area contributed by atoms with Crippen LogP contribution in [0.25, 0.3) is 0 Å². The summed E-state index contributed by atoms with van der Waals surface area (Å²) in [6, 6.07) is 9.26. The monoisotopic (exact) mass is 473 g/mol.